The summed E-state index contributed by atoms with van der Waals surface area (Å²) in [6.07, 6.45) is 1.69. The number of rotatable bonds is 6. The molecule has 0 aliphatic carbocycles. The van der Waals surface area contributed by atoms with Crippen molar-refractivity contribution in [2.45, 2.75) is 25.9 Å². The largest absolute Gasteiger partial charge is 0.404 e. The van der Waals surface area contributed by atoms with Crippen molar-refractivity contribution in [3.63, 3.8) is 0 Å². The zero-order valence-electron chi connectivity index (χ0n) is 11.9. The number of hydrogen-bond acceptors (Lipinski definition) is 4. The fraction of sp³-hybridized carbons (Fsp3) is 0.286. The van der Waals surface area contributed by atoms with Crippen LogP contribution in [0.3, 0.4) is 0 Å². The van der Waals surface area contributed by atoms with Crippen LogP contribution in [0.1, 0.15) is 24.9 Å². The van der Waals surface area contributed by atoms with E-state index < -0.39 is 4.92 Å². The molecular weight excluding hydrogens is 352 g/mol. The SMILES string of the molecule is CC(NC(=O)CCn1cc(Br)c([N+](=O)[O-])n1)c1ccccc1. The average molecular weight is 367 g/mol. The molecule has 1 N–H and O–H groups in total. The van der Waals surface area contributed by atoms with E-state index in [4.69, 9.17) is 0 Å². The quantitative estimate of drug-likeness (QED) is 0.628. The van der Waals surface area contributed by atoms with Gasteiger partial charge in [-0.25, -0.2) is 0 Å². The Labute approximate surface area is 135 Å². The number of nitrogens with zero attached hydrogens (tertiary/aromatic N) is 3. The Morgan fingerprint density at radius 2 is 2.14 bits per heavy atom. The third kappa shape index (κ3) is 4.14. The van der Waals surface area contributed by atoms with Crippen LogP contribution in [0.5, 0.6) is 0 Å². The van der Waals surface area contributed by atoms with Crippen molar-refractivity contribution in [1.29, 1.82) is 0 Å². The lowest BCUT2D eigenvalue weighted by atomic mass is 10.1. The lowest BCUT2D eigenvalue weighted by Gasteiger charge is -2.13. The maximum atomic E-state index is 11.9. The predicted molar refractivity (Wildman–Crippen MR) is 84.2 cm³/mol. The number of benzene rings is 1. The van der Waals surface area contributed by atoms with E-state index in [9.17, 15) is 14.9 Å². The van der Waals surface area contributed by atoms with E-state index in [1.807, 2.05) is 37.3 Å². The number of halogens is 1. The number of nitro groups is 1. The van der Waals surface area contributed by atoms with E-state index in [0.717, 1.165) is 5.56 Å². The number of nitrogens with one attached hydrogen (secondary N) is 1. The van der Waals surface area contributed by atoms with Crippen LogP contribution in [0.4, 0.5) is 5.82 Å². The van der Waals surface area contributed by atoms with Crippen molar-refractivity contribution in [2.75, 3.05) is 0 Å². The molecule has 1 atom stereocenters. The van der Waals surface area contributed by atoms with Gasteiger partial charge < -0.3 is 15.4 Å². The maximum absolute atomic E-state index is 11.9. The van der Waals surface area contributed by atoms with E-state index in [0.29, 0.717) is 4.47 Å². The number of carbonyl (C=O) groups is 1. The van der Waals surface area contributed by atoms with E-state index in [-0.39, 0.29) is 30.7 Å². The second kappa shape index (κ2) is 7.17. The van der Waals surface area contributed by atoms with Crippen molar-refractivity contribution in [1.82, 2.24) is 15.1 Å². The van der Waals surface area contributed by atoms with Crippen molar-refractivity contribution < 1.29 is 9.72 Å². The van der Waals surface area contributed by atoms with Gasteiger partial charge in [0.25, 0.3) is 0 Å². The van der Waals surface area contributed by atoms with E-state index >= 15 is 0 Å². The number of aryl methyl sites for hydroxylation is 1. The molecule has 22 heavy (non-hydrogen) atoms. The highest BCUT2D eigenvalue weighted by atomic mass is 79.9. The zero-order valence-corrected chi connectivity index (χ0v) is 13.5. The molecule has 0 aliphatic heterocycles. The number of aromatic nitrogens is 2. The molecule has 0 bridgehead atoms. The van der Waals surface area contributed by atoms with E-state index in [1.165, 1.54) is 10.9 Å². The Morgan fingerprint density at radius 1 is 1.45 bits per heavy atom. The van der Waals surface area contributed by atoms with Crippen LogP contribution in [0, 0.1) is 10.1 Å². The van der Waals surface area contributed by atoms with E-state index in [2.05, 4.69) is 26.3 Å². The standard InChI is InChI=1S/C14H15BrN4O3/c1-10(11-5-3-2-4-6-11)16-13(20)7-8-18-9-12(15)14(17-18)19(21)22/h2-6,9-10H,7-8H2,1H3,(H,16,20). The number of carbonyl (C=O) groups excluding carboxylic acids is 1. The van der Waals surface area contributed by atoms with Crippen LogP contribution in [-0.4, -0.2) is 20.6 Å². The van der Waals surface area contributed by atoms with Gasteiger partial charge in [0.1, 0.15) is 4.47 Å². The molecule has 0 saturated carbocycles. The zero-order chi connectivity index (χ0) is 16.1. The first-order chi connectivity index (χ1) is 10.5. The molecule has 7 nitrogen and oxygen atoms in total. The molecule has 0 aliphatic rings. The maximum Gasteiger partial charge on any atom is 0.404 e. The first-order valence-electron chi connectivity index (χ1n) is 6.69. The molecule has 0 saturated heterocycles. The third-order valence-electron chi connectivity index (χ3n) is 3.12. The molecule has 0 fully saturated rings. The van der Waals surface area contributed by atoms with Crippen molar-refractivity contribution in [3.8, 4) is 0 Å². The number of hydrogen-bond donors (Lipinski definition) is 1. The summed E-state index contributed by atoms with van der Waals surface area (Å²) in [5.41, 5.74) is 1.02. The van der Waals surface area contributed by atoms with E-state index in [1.54, 1.807) is 0 Å². The molecule has 2 aromatic rings. The summed E-state index contributed by atoms with van der Waals surface area (Å²) in [6, 6.07) is 9.54. The Morgan fingerprint density at radius 3 is 2.73 bits per heavy atom. The fourth-order valence-electron chi connectivity index (χ4n) is 1.98. The second-order valence-electron chi connectivity index (χ2n) is 4.77. The Kier molecular flexibility index (Phi) is 5.26. The summed E-state index contributed by atoms with van der Waals surface area (Å²) < 4.78 is 1.69. The second-order valence-corrected chi connectivity index (χ2v) is 5.63. The van der Waals surface area contributed by atoms with Gasteiger partial charge in [0.2, 0.25) is 5.91 Å². The molecule has 1 aromatic heterocycles. The van der Waals surface area contributed by atoms with Gasteiger partial charge >= 0.3 is 5.82 Å². The van der Waals surface area contributed by atoms with Crippen molar-refractivity contribution in [2.24, 2.45) is 0 Å². The van der Waals surface area contributed by atoms with Gasteiger partial charge in [0, 0.05) is 6.42 Å². The van der Waals surface area contributed by atoms with Gasteiger partial charge in [-0.3, -0.25) is 4.79 Å². The Hall–Kier alpha value is -2.22. The molecule has 116 valence electrons. The van der Waals surface area contributed by atoms with Gasteiger partial charge in [0.15, 0.2) is 0 Å². The molecule has 1 unspecified atom stereocenters. The summed E-state index contributed by atoms with van der Waals surface area (Å²) in [5.74, 6) is -0.385. The molecule has 2 rings (SSSR count). The first kappa shape index (κ1) is 16.2. The van der Waals surface area contributed by atoms with Gasteiger partial charge in [-0.2, -0.15) is 4.68 Å². The average Bonchev–Trinajstić information content (AvgIpc) is 2.87. The fourth-order valence-corrected chi connectivity index (χ4v) is 2.44. The Bertz CT molecular complexity index is 672. The van der Waals surface area contributed by atoms with Crippen molar-refractivity contribution >= 4 is 27.7 Å². The molecule has 1 amide bonds. The Balaban J connectivity index is 1.88. The van der Waals surface area contributed by atoms with Crippen LogP contribution in [0.25, 0.3) is 0 Å². The predicted octanol–water partition coefficient (Wildman–Crippen LogP) is 2.82. The summed E-state index contributed by atoms with van der Waals surface area (Å²) in [7, 11) is 0. The summed E-state index contributed by atoms with van der Waals surface area (Å²) in [5, 5.41) is 17.4. The molecule has 0 radical (unpaired) electrons. The van der Waals surface area contributed by atoms with Gasteiger partial charge in [0.05, 0.1) is 23.9 Å². The lowest BCUT2D eigenvalue weighted by molar-refractivity contribution is -0.390. The smallest absolute Gasteiger partial charge is 0.358 e. The van der Waals surface area contributed by atoms with Gasteiger partial charge in [-0.1, -0.05) is 30.3 Å². The third-order valence-corrected chi connectivity index (χ3v) is 3.68. The van der Waals surface area contributed by atoms with Crippen molar-refractivity contribution in [3.05, 3.63) is 56.7 Å². The minimum atomic E-state index is -0.571. The van der Waals surface area contributed by atoms with Crippen LogP contribution >= 0.6 is 15.9 Å². The minimum Gasteiger partial charge on any atom is -0.358 e. The highest BCUT2D eigenvalue weighted by Gasteiger charge is 2.19. The minimum absolute atomic E-state index is 0.0904. The van der Waals surface area contributed by atoms with Crippen LogP contribution < -0.4 is 5.32 Å². The molecule has 1 aromatic carbocycles. The summed E-state index contributed by atoms with van der Waals surface area (Å²) in [6.45, 7) is 2.18. The lowest BCUT2D eigenvalue weighted by Crippen LogP contribution is -2.27. The highest BCUT2D eigenvalue weighted by Crippen LogP contribution is 2.22. The monoisotopic (exact) mass is 366 g/mol. The topological polar surface area (TPSA) is 90.1 Å². The summed E-state index contributed by atoms with van der Waals surface area (Å²) in [4.78, 5) is 22.1. The first-order valence-corrected chi connectivity index (χ1v) is 7.48. The molecule has 1 heterocycles. The van der Waals surface area contributed by atoms with Crippen LogP contribution in [-0.2, 0) is 11.3 Å². The molecule has 8 heteroatoms. The van der Waals surface area contributed by atoms with Gasteiger partial charge in [-0.15, -0.1) is 0 Å². The number of amides is 1. The highest BCUT2D eigenvalue weighted by molar-refractivity contribution is 9.10. The summed E-state index contributed by atoms with van der Waals surface area (Å²) >= 11 is 3.07. The molecular formula is C14H15BrN4O3. The normalized spacial score (nSPS) is 11.9. The van der Waals surface area contributed by atoms with Gasteiger partial charge in [-0.05, 0) is 33.3 Å². The van der Waals surface area contributed by atoms with Crippen LogP contribution in [0.2, 0.25) is 0 Å². The van der Waals surface area contributed by atoms with Crippen LogP contribution in [0.15, 0.2) is 41.0 Å². The molecule has 0 spiro atoms.